The number of rotatable bonds is 5. The van der Waals surface area contributed by atoms with Crippen molar-refractivity contribution in [3.63, 3.8) is 0 Å². The molecule has 0 radical (unpaired) electrons. The first kappa shape index (κ1) is 36.7. The predicted molar refractivity (Wildman–Crippen MR) is 264 cm³/mol. The molecular formula is C62H43NO. The van der Waals surface area contributed by atoms with Crippen molar-refractivity contribution in [1.29, 1.82) is 0 Å². The normalized spacial score (nSPS) is 14.2. The molecule has 2 nitrogen and oxygen atoms in total. The van der Waals surface area contributed by atoms with Gasteiger partial charge in [-0.25, -0.2) is 0 Å². The molecule has 0 saturated heterocycles. The van der Waals surface area contributed by atoms with Crippen molar-refractivity contribution < 1.29 is 4.74 Å². The quantitative estimate of drug-likeness (QED) is 0.172. The van der Waals surface area contributed by atoms with E-state index in [1.807, 2.05) is 0 Å². The number of ether oxygens (including phenoxy) is 1. The van der Waals surface area contributed by atoms with Crippen LogP contribution in [0.4, 0.5) is 17.1 Å². The minimum Gasteiger partial charge on any atom is -0.457 e. The van der Waals surface area contributed by atoms with Gasteiger partial charge in [-0.1, -0.05) is 184 Å². The fourth-order valence-corrected chi connectivity index (χ4v) is 11.4. The van der Waals surface area contributed by atoms with Gasteiger partial charge >= 0.3 is 0 Å². The molecule has 1 aliphatic heterocycles. The molecule has 0 bridgehead atoms. The molecule has 2 aliphatic carbocycles. The molecule has 0 unspecified atom stereocenters. The third-order valence-electron chi connectivity index (χ3n) is 14.3. The molecule has 1 spiro atoms. The van der Waals surface area contributed by atoms with E-state index in [9.17, 15) is 0 Å². The van der Waals surface area contributed by atoms with E-state index in [0.29, 0.717) is 0 Å². The highest BCUT2D eigenvalue weighted by Gasteiger charge is 2.52. The summed E-state index contributed by atoms with van der Waals surface area (Å²) in [5, 5.41) is 2.51. The average Bonchev–Trinajstić information content (AvgIpc) is 3.77. The Morgan fingerprint density at radius 2 is 0.844 bits per heavy atom. The summed E-state index contributed by atoms with van der Waals surface area (Å²) < 4.78 is 6.71. The number of hydrogen-bond acceptors (Lipinski definition) is 2. The summed E-state index contributed by atoms with van der Waals surface area (Å²) in [6.45, 7) is 4.71. The number of benzene rings is 10. The van der Waals surface area contributed by atoms with Crippen LogP contribution >= 0.6 is 0 Å². The van der Waals surface area contributed by atoms with E-state index in [2.05, 4.69) is 243 Å². The zero-order valence-electron chi connectivity index (χ0n) is 35.7. The zero-order valence-corrected chi connectivity index (χ0v) is 35.7. The van der Waals surface area contributed by atoms with Gasteiger partial charge in [0, 0.05) is 33.6 Å². The van der Waals surface area contributed by atoms with Crippen LogP contribution in [0.15, 0.2) is 224 Å². The van der Waals surface area contributed by atoms with Crippen molar-refractivity contribution in [3.05, 3.63) is 258 Å². The molecule has 0 N–H and O–H groups in total. The summed E-state index contributed by atoms with van der Waals surface area (Å²) in [4.78, 5) is 2.41. The number of hydrogen-bond donors (Lipinski definition) is 0. The van der Waals surface area contributed by atoms with Gasteiger partial charge < -0.3 is 9.64 Å². The molecule has 13 rings (SSSR count). The minimum absolute atomic E-state index is 0.114. The predicted octanol–water partition coefficient (Wildman–Crippen LogP) is 16.4. The molecule has 0 fully saturated rings. The van der Waals surface area contributed by atoms with E-state index in [0.717, 1.165) is 28.6 Å². The lowest BCUT2D eigenvalue weighted by Gasteiger charge is -2.40. The lowest BCUT2D eigenvalue weighted by molar-refractivity contribution is 0.437. The molecule has 302 valence electrons. The van der Waals surface area contributed by atoms with E-state index < -0.39 is 5.41 Å². The van der Waals surface area contributed by atoms with E-state index in [4.69, 9.17) is 4.74 Å². The monoisotopic (exact) mass is 817 g/mol. The van der Waals surface area contributed by atoms with Gasteiger partial charge in [0.05, 0.1) is 5.41 Å². The molecule has 0 atom stereocenters. The second-order valence-corrected chi connectivity index (χ2v) is 18.0. The zero-order chi connectivity index (χ0) is 42.6. The molecule has 64 heavy (non-hydrogen) atoms. The SMILES string of the molecule is CC1(C)c2ccccc2-c2ccc(N(c3ccc(-c4ccccc4)cc3)c3ccc(-c4ccc5c(c4)C4(c6ccccc6Oc6ccccc64)c4c-5ccc5ccccc45)cc3)cc21. The highest BCUT2D eigenvalue weighted by Crippen LogP contribution is 2.64. The Morgan fingerprint density at radius 1 is 0.344 bits per heavy atom. The van der Waals surface area contributed by atoms with Crippen LogP contribution in [0.3, 0.4) is 0 Å². The molecule has 1 heterocycles. The second kappa shape index (κ2) is 13.8. The van der Waals surface area contributed by atoms with Crippen molar-refractivity contribution >= 4 is 27.8 Å². The van der Waals surface area contributed by atoms with Crippen molar-refractivity contribution in [2.24, 2.45) is 0 Å². The third-order valence-corrected chi connectivity index (χ3v) is 14.3. The maximum Gasteiger partial charge on any atom is 0.132 e. The first-order chi connectivity index (χ1) is 31.5. The topological polar surface area (TPSA) is 12.5 Å². The molecule has 0 amide bonds. The van der Waals surface area contributed by atoms with Crippen molar-refractivity contribution in [3.8, 4) is 56.0 Å². The Kier molecular flexibility index (Phi) is 7.90. The van der Waals surface area contributed by atoms with E-state index in [-0.39, 0.29) is 5.41 Å². The summed E-state index contributed by atoms with van der Waals surface area (Å²) >= 11 is 0. The minimum atomic E-state index is -0.573. The first-order valence-corrected chi connectivity index (χ1v) is 22.3. The van der Waals surface area contributed by atoms with Crippen molar-refractivity contribution in [1.82, 2.24) is 0 Å². The standard InChI is InChI=1S/C62H43NO/c1-61(2)53-19-9-8-18-49(53)50-37-34-47(39-56(50)61)63(45-30-24-41(25-31-45)40-14-4-3-5-15-40)46-32-26-42(27-33-46)44-29-35-51-52-36-28-43-16-6-7-17-48(43)60(52)62(57(51)38-44)54-20-10-12-22-58(54)64-59-23-13-11-21-55(59)62/h3-39H,1-2H3. The largest absolute Gasteiger partial charge is 0.457 e. The lowest BCUT2D eigenvalue weighted by atomic mass is 9.65. The summed E-state index contributed by atoms with van der Waals surface area (Å²) in [6, 6.07) is 82.6. The lowest BCUT2D eigenvalue weighted by Crippen LogP contribution is -2.32. The van der Waals surface area contributed by atoms with Crippen LogP contribution in [0, 0.1) is 0 Å². The Balaban J connectivity index is 0.961. The van der Waals surface area contributed by atoms with Crippen LogP contribution in [0.5, 0.6) is 11.5 Å². The molecule has 10 aromatic rings. The summed E-state index contributed by atoms with van der Waals surface area (Å²) in [6.07, 6.45) is 0. The summed E-state index contributed by atoms with van der Waals surface area (Å²) in [5.41, 5.74) is 20.3. The molecule has 3 aliphatic rings. The summed E-state index contributed by atoms with van der Waals surface area (Å²) in [5.74, 6) is 1.80. The van der Waals surface area contributed by atoms with E-state index in [1.165, 1.54) is 88.7 Å². The van der Waals surface area contributed by atoms with Crippen molar-refractivity contribution in [2.45, 2.75) is 24.7 Å². The Hall–Kier alpha value is -7.94. The highest BCUT2D eigenvalue weighted by molar-refractivity contribution is 6.02. The van der Waals surface area contributed by atoms with Gasteiger partial charge in [0.1, 0.15) is 11.5 Å². The Morgan fingerprint density at radius 3 is 1.56 bits per heavy atom. The molecule has 10 aromatic carbocycles. The van der Waals surface area contributed by atoms with E-state index in [1.54, 1.807) is 0 Å². The van der Waals surface area contributed by atoms with Crippen LogP contribution in [0.1, 0.15) is 47.2 Å². The molecule has 2 heteroatoms. The van der Waals surface area contributed by atoms with Crippen LogP contribution < -0.4 is 9.64 Å². The van der Waals surface area contributed by atoms with Gasteiger partial charge in [-0.3, -0.25) is 0 Å². The Labute approximate surface area is 374 Å². The van der Waals surface area contributed by atoms with Crippen molar-refractivity contribution in [2.75, 3.05) is 4.90 Å². The number of anilines is 3. The van der Waals surface area contributed by atoms with Gasteiger partial charge in [-0.2, -0.15) is 0 Å². The smallest absolute Gasteiger partial charge is 0.132 e. The maximum absolute atomic E-state index is 6.71. The fraction of sp³-hybridized carbons (Fsp3) is 0.0645. The van der Waals surface area contributed by atoms with Gasteiger partial charge in [-0.15, -0.1) is 0 Å². The third kappa shape index (κ3) is 5.20. The molecule has 0 aromatic heterocycles. The second-order valence-electron chi connectivity index (χ2n) is 18.0. The van der Waals surface area contributed by atoms with Gasteiger partial charge in [-0.05, 0) is 132 Å². The summed E-state index contributed by atoms with van der Waals surface area (Å²) in [7, 11) is 0. The van der Waals surface area contributed by atoms with Gasteiger partial charge in [0.25, 0.3) is 0 Å². The number of fused-ring (bicyclic) bond motifs is 14. The fourth-order valence-electron chi connectivity index (χ4n) is 11.4. The van der Waals surface area contributed by atoms with Crippen LogP contribution in [-0.2, 0) is 10.8 Å². The first-order valence-electron chi connectivity index (χ1n) is 22.3. The van der Waals surface area contributed by atoms with Gasteiger partial charge in [0.15, 0.2) is 0 Å². The number of nitrogens with zero attached hydrogens (tertiary/aromatic N) is 1. The highest BCUT2D eigenvalue weighted by atomic mass is 16.5. The average molecular weight is 818 g/mol. The van der Waals surface area contributed by atoms with Crippen LogP contribution in [0.25, 0.3) is 55.3 Å². The van der Waals surface area contributed by atoms with E-state index >= 15 is 0 Å². The van der Waals surface area contributed by atoms with Crippen LogP contribution in [-0.4, -0.2) is 0 Å². The molecule has 0 saturated carbocycles. The maximum atomic E-state index is 6.71. The molecular weight excluding hydrogens is 775 g/mol. The van der Waals surface area contributed by atoms with Gasteiger partial charge in [0.2, 0.25) is 0 Å². The Bertz CT molecular complexity index is 3440. The number of para-hydroxylation sites is 2. The van der Waals surface area contributed by atoms with Crippen LogP contribution in [0.2, 0.25) is 0 Å².